The standard InChI is InChI=1S/C15H12N2O5S/c1-17-5-4-16-15(17)23-9-10-7-11(18)13(8-21-10)22-14(19)12-3-2-6-20-12/h2-8H,9H2,1H3. The van der Waals surface area contributed by atoms with Gasteiger partial charge in [-0.25, -0.2) is 9.78 Å². The Morgan fingerprint density at radius 3 is 2.96 bits per heavy atom. The number of rotatable bonds is 5. The van der Waals surface area contributed by atoms with Gasteiger partial charge in [0.05, 0.1) is 12.0 Å². The lowest BCUT2D eigenvalue weighted by atomic mass is 10.4. The van der Waals surface area contributed by atoms with E-state index < -0.39 is 11.4 Å². The predicted octanol–water partition coefficient (Wildman–Crippen LogP) is 2.48. The number of furan rings is 1. The lowest BCUT2D eigenvalue weighted by Crippen LogP contribution is -2.14. The highest BCUT2D eigenvalue weighted by molar-refractivity contribution is 7.98. The van der Waals surface area contributed by atoms with Gasteiger partial charge in [-0.15, -0.1) is 0 Å². The molecule has 0 N–H and O–H groups in total. The van der Waals surface area contributed by atoms with Gasteiger partial charge in [0.2, 0.25) is 16.9 Å². The van der Waals surface area contributed by atoms with Crippen LogP contribution in [0.3, 0.4) is 0 Å². The average molecular weight is 332 g/mol. The summed E-state index contributed by atoms with van der Waals surface area (Å²) in [5, 5.41) is 0.806. The van der Waals surface area contributed by atoms with Gasteiger partial charge >= 0.3 is 5.97 Å². The molecule has 7 nitrogen and oxygen atoms in total. The van der Waals surface area contributed by atoms with Crippen molar-refractivity contribution in [3.8, 4) is 5.75 Å². The first-order chi connectivity index (χ1) is 11.1. The maximum atomic E-state index is 12.0. The zero-order valence-electron chi connectivity index (χ0n) is 12.1. The van der Waals surface area contributed by atoms with Gasteiger partial charge in [-0.3, -0.25) is 4.79 Å². The minimum Gasteiger partial charge on any atom is -0.464 e. The minimum absolute atomic E-state index is 0.0128. The van der Waals surface area contributed by atoms with Gasteiger partial charge in [0, 0.05) is 25.5 Å². The number of hydrogen-bond donors (Lipinski definition) is 0. The van der Waals surface area contributed by atoms with Crippen molar-refractivity contribution >= 4 is 17.7 Å². The largest absolute Gasteiger partial charge is 0.464 e. The second-order valence-corrected chi connectivity index (χ2v) is 5.49. The molecule has 0 saturated carbocycles. The van der Waals surface area contributed by atoms with E-state index >= 15 is 0 Å². The number of thioether (sulfide) groups is 1. The Morgan fingerprint density at radius 1 is 1.43 bits per heavy atom. The van der Waals surface area contributed by atoms with Crippen LogP contribution in [0.25, 0.3) is 0 Å². The maximum absolute atomic E-state index is 12.0. The first kappa shape index (κ1) is 15.2. The van der Waals surface area contributed by atoms with Crippen molar-refractivity contribution < 1.29 is 18.4 Å². The molecule has 0 radical (unpaired) electrons. The molecule has 0 aliphatic carbocycles. The van der Waals surface area contributed by atoms with Crippen molar-refractivity contribution in [3.63, 3.8) is 0 Å². The monoisotopic (exact) mass is 332 g/mol. The van der Waals surface area contributed by atoms with E-state index in [1.165, 1.54) is 30.2 Å². The number of aryl methyl sites for hydroxylation is 1. The molecular formula is C15H12N2O5S. The molecule has 0 atom stereocenters. The fourth-order valence-electron chi connectivity index (χ4n) is 1.76. The van der Waals surface area contributed by atoms with Crippen LogP contribution >= 0.6 is 11.8 Å². The highest BCUT2D eigenvalue weighted by Gasteiger charge is 2.15. The van der Waals surface area contributed by atoms with E-state index in [0.29, 0.717) is 11.5 Å². The van der Waals surface area contributed by atoms with Crippen LogP contribution in [0.5, 0.6) is 5.75 Å². The predicted molar refractivity (Wildman–Crippen MR) is 81.4 cm³/mol. The van der Waals surface area contributed by atoms with Crippen LogP contribution in [0.1, 0.15) is 16.3 Å². The summed E-state index contributed by atoms with van der Waals surface area (Å²) in [6, 6.07) is 4.29. The molecule has 3 aromatic rings. The van der Waals surface area contributed by atoms with Crippen molar-refractivity contribution in [1.82, 2.24) is 9.55 Å². The van der Waals surface area contributed by atoms with E-state index in [2.05, 4.69) is 4.98 Å². The van der Waals surface area contributed by atoms with E-state index in [1.54, 1.807) is 12.3 Å². The summed E-state index contributed by atoms with van der Waals surface area (Å²) in [4.78, 5) is 27.9. The molecule has 118 valence electrons. The Kier molecular flexibility index (Phi) is 4.33. The lowest BCUT2D eigenvalue weighted by Gasteiger charge is -2.03. The topological polar surface area (TPSA) is 87.5 Å². The summed E-state index contributed by atoms with van der Waals surface area (Å²) < 4.78 is 17.0. The molecule has 23 heavy (non-hydrogen) atoms. The smallest absolute Gasteiger partial charge is 0.379 e. The molecule has 0 saturated heterocycles. The van der Waals surface area contributed by atoms with E-state index in [-0.39, 0.29) is 11.5 Å². The van der Waals surface area contributed by atoms with Gasteiger partial charge in [-0.05, 0) is 12.1 Å². The molecule has 0 unspecified atom stereocenters. The molecule has 0 spiro atoms. The molecule has 0 fully saturated rings. The van der Waals surface area contributed by atoms with E-state index in [1.807, 2.05) is 17.8 Å². The number of esters is 1. The number of hydrogen-bond acceptors (Lipinski definition) is 7. The van der Waals surface area contributed by atoms with Gasteiger partial charge in [-0.2, -0.15) is 0 Å². The number of carbonyl (C=O) groups excluding carboxylic acids is 1. The van der Waals surface area contributed by atoms with Gasteiger partial charge in [0.1, 0.15) is 12.0 Å². The first-order valence-corrected chi connectivity index (χ1v) is 7.59. The summed E-state index contributed by atoms with van der Waals surface area (Å²) in [7, 11) is 1.88. The highest BCUT2D eigenvalue weighted by atomic mass is 32.2. The van der Waals surface area contributed by atoms with Gasteiger partial charge in [-0.1, -0.05) is 11.8 Å². The van der Waals surface area contributed by atoms with Gasteiger partial charge < -0.3 is 18.1 Å². The number of imidazole rings is 1. The molecule has 0 aliphatic rings. The van der Waals surface area contributed by atoms with E-state index in [9.17, 15) is 9.59 Å². The van der Waals surface area contributed by atoms with Crippen LogP contribution in [0.4, 0.5) is 0 Å². The lowest BCUT2D eigenvalue weighted by molar-refractivity contribution is 0.0695. The Labute approximate surface area is 134 Å². The van der Waals surface area contributed by atoms with E-state index in [4.69, 9.17) is 13.6 Å². The zero-order valence-corrected chi connectivity index (χ0v) is 12.9. The second kappa shape index (κ2) is 6.57. The summed E-state index contributed by atoms with van der Waals surface area (Å²) in [5.74, 6) is -0.0267. The van der Waals surface area contributed by atoms with Crippen LogP contribution in [0.15, 0.2) is 61.9 Å². The van der Waals surface area contributed by atoms with Crippen molar-refractivity contribution in [2.45, 2.75) is 10.9 Å². The van der Waals surface area contributed by atoms with Crippen LogP contribution < -0.4 is 10.2 Å². The Balaban J connectivity index is 1.67. The molecule has 0 bridgehead atoms. The maximum Gasteiger partial charge on any atom is 0.379 e. The molecule has 0 amide bonds. The Bertz CT molecular complexity index is 866. The molecule has 0 aromatic carbocycles. The third-order valence-electron chi connectivity index (χ3n) is 2.90. The molecule has 8 heteroatoms. The van der Waals surface area contributed by atoms with Crippen LogP contribution in [0, 0.1) is 0 Å². The van der Waals surface area contributed by atoms with Crippen molar-refractivity contribution in [2.24, 2.45) is 7.05 Å². The van der Waals surface area contributed by atoms with Crippen molar-refractivity contribution in [2.75, 3.05) is 0 Å². The molecule has 3 aromatic heterocycles. The van der Waals surface area contributed by atoms with Crippen LogP contribution in [0.2, 0.25) is 0 Å². The number of aromatic nitrogens is 2. The third kappa shape index (κ3) is 3.54. The number of nitrogens with zero attached hydrogens (tertiary/aromatic N) is 2. The summed E-state index contributed by atoms with van der Waals surface area (Å²) >= 11 is 1.43. The van der Waals surface area contributed by atoms with Gasteiger partial charge in [0.25, 0.3) is 0 Å². The first-order valence-electron chi connectivity index (χ1n) is 6.61. The SMILES string of the molecule is Cn1ccnc1SCc1cc(=O)c(OC(=O)c2ccco2)co1. The zero-order chi connectivity index (χ0) is 16.2. The fourth-order valence-corrected chi connectivity index (χ4v) is 2.58. The van der Waals surface area contributed by atoms with E-state index in [0.717, 1.165) is 11.4 Å². The summed E-state index contributed by atoms with van der Waals surface area (Å²) in [6.45, 7) is 0. The van der Waals surface area contributed by atoms with Crippen LogP contribution in [-0.4, -0.2) is 15.5 Å². The quantitative estimate of drug-likeness (QED) is 0.524. The normalized spacial score (nSPS) is 10.7. The van der Waals surface area contributed by atoms with Gasteiger partial charge in [0.15, 0.2) is 5.16 Å². The second-order valence-electron chi connectivity index (χ2n) is 4.55. The average Bonchev–Trinajstić information content (AvgIpc) is 3.19. The fraction of sp³-hybridized carbons (Fsp3) is 0.133. The number of carbonyl (C=O) groups is 1. The molecular weight excluding hydrogens is 320 g/mol. The highest BCUT2D eigenvalue weighted by Crippen LogP contribution is 2.20. The van der Waals surface area contributed by atoms with Crippen molar-refractivity contribution in [3.05, 3.63) is 64.9 Å². The van der Waals surface area contributed by atoms with Crippen LogP contribution in [-0.2, 0) is 12.8 Å². The molecule has 3 rings (SSSR count). The summed E-state index contributed by atoms with van der Waals surface area (Å²) in [6.07, 6.45) is 5.99. The molecule has 3 heterocycles. The van der Waals surface area contributed by atoms with Crippen molar-refractivity contribution in [1.29, 1.82) is 0 Å². The third-order valence-corrected chi connectivity index (χ3v) is 3.98. The molecule has 0 aliphatic heterocycles. The Morgan fingerprint density at radius 2 is 2.30 bits per heavy atom. The minimum atomic E-state index is -0.752. The summed E-state index contributed by atoms with van der Waals surface area (Å²) in [5.41, 5.74) is -0.438. The Hall–Kier alpha value is -2.74. The number of ether oxygens (including phenoxy) is 1.